The first-order chi connectivity index (χ1) is 8.74. The molecule has 4 heteroatoms. The molecule has 18 heavy (non-hydrogen) atoms. The zero-order valence-corrected chi connectivity index (χ0v) is 11.2. The fraction of sp³-hybridized carbons (Fsp3) is 0.571. The monoisotopic (exact) mass is 251 g/mol. The Balaban J connectivity index is 2.05. The third-order valence-corrected chi connectivity index (χ3v) is 3.36. The van der Waals surface area contributed by atoms with Crippen LogP contribution in [0.2, 0.25) is 0 Å². The molecule has 3 atom stereocenters. The van der Waals surface area contributed by atoms with Gasteiger partial charge in [-0.15, -0.1) is 0 Å². The fourth-order valence-electron chi connectivity index (χ4n) is 2.25. The summed E-state index contributed by atoms with van der Waals surface area (Å²) in [5, 5.41) is 0. The molecule has 1 aliphatic rings. The maximum atomic E-state index is 5.68. The smallest absolute Gasteiger partial charge is 0.175 e. The van der Waals surface area contributed by atoms with Crippen molar-refractivity contribution in [3.05, 3.63) is 35.9 Å². The van der Waals surface area contributed by atoms with Gasteiger partial charge in [0.2, 0.25) is 0 Å². The second-order valence-electron chi connectivity index (χ2n) is 4.56. The molecule has 1 unspecified atom stereocenters. The highest BCUT2D eigenvalue weighted by Gasteiger charge is 2.34. The van der Waals surface area contributed by atoms with E-state index in [2.05, 4.69) is 36.1 Å². The van der Waals surface area contributed by atoms with Crippen LogP contribution in [-0.4, -0.2) is 44.3 Å². The maximum Gasteiger partial charge on any atom is 0.175 e. The molecular formula is C14H21NO3. The molecule has 0 radical (unpaired) electrons. The molecule has 1 aromatic carbocycles. The quantitative estimate of drug-likeness (QED) is 0.817. The Morgan fingerprint density at radius 3 is 2.56 bits per heavy atom. The van der Waals surface area contributed by atoms with Crippen molar-refractivity contribution in [2.24, 2.45) is 0 Å². The molecule has 0 spiro atoms. The van der Waals surface area contributed by atoms with E-state index in [0.29, 0.717) is 0 Å². The lowest BCUT2D eigenvalue weighted by Crippen LogP contribution is -2.54. The lowest BCUT2D eigenvalue weighted by atomic mass is 10.1. The van der Waals surface area contributed by atoms with Crippen molar-refractivity contribution in [1.82, 2.24) is 4.90 Å². The molecule has 0 amide bonds. The molecule has 1 heterocycles. The normalized spacial score (nSPS) is 29.4. The number of methoxy groups -OCH3 is 2. The summed E-state index contributed by atoms with van der Waals surface area (Å²) in [4.78, 5) is 2.32. The van der Waals surface area contributed by atoms with Gasteiger partial charge in [0.05, 0.1) is 12.6 Å². The first kappa shape index (κ1) is 13.5. The summed E-state index contributed by atoms with van der Waals surface area (Å²) in [6, 6.07) is 10.6. The molecule has 100 valence electrons. The highest BCUT2D eigenvalue weighted by molar-refractivity contribution is 5.14. The van der Waals surface area contributed by atoms with Crippen molar-refractivity contribution in [3.8, 4) is 0 Å². The van der Waals surface area contributed by atoms with Gasteiger partial charge in [-0.2, -0.15) is 0 Å². The van der Waals surface area contributed by atoms with Crippen molar-refractivity contribution in [1.29, 1.82) is 0 Å². The number of ether oxygens (including phenoxy) is 3. The Kier molecular flexibility index (Phi) is 4.72. The molecule has 2 rings (SSSR count). The van der Waals surface area contributed by atoms with E-state index in [9.17, 15) is 0 Å². The van der Waals surface area contributed by atoms with Crippen LogP contribution in [-0.2, 0) is 20.8 Å². The highest BCUT2D eigenvalue weighted by atomic mass is 16.8. The molecule has 1 fully saturated rings. The van der Waals surface area contributed by atoms with E-state index < -0.39 is 0 Å². The number of morpholine rings is 1. The number of benzene rings is 1. The van der Waals surface area contributed by atoms with E-state index in [1.54, 1.807) is 14.2 Å². The van der Waals surface area contributed by atoms with Gasteiger partial charge < -0.3 is 14.2 Å². The third kappa shape index (κ3) is 3.09. The van der Waals surface area contributed by atoms with E-state index in [1.807, 2.05) is 6.07 Å². The minimum absolute atomic E-state index is 0.210. The molecule has 0 aliphatic carbocycles. The number of hydrogen-bond acceptors (Lipinski definition) is 4. The van der Waals surface area contributed by atoms with Crippen LogP contribution in [0.4, 0.5) is 0 Å². The Morgan fingerprint density at radius 2 is 1.94 bits per heavy atom. The minimum atomic E-state index is -0.243. The molecule has 1 saturated heterocycles. The lowest BCUT2D eigenvalue weighted by Gasteiger charge is -2.41. The van der Waals surface area contributed by atoms with E-state index >= 15 is 0 Å². The van der Waals surface area contributed by atoms with Crippen molar-refractivity contribution in [2.75, 3.05) is 20.8 Å². The fourth-order valence-corrected chi connectivity index (χ4v) is 2.25. The predicted molar refractivity (Wildman–Crippen MR) is 69.0 cm³/mol. The standard InChI is InChI=1S/C14H21NO3/c1-11-14(17-3)18-13(16-2)10-15(11)9-12-7-5-4-6-8-12/h4-8,11,13-14H,9-10H2,1-3H3/t11-,13?,14-/m1/s1. The van der Waals surface area contributed by atoms with E-state index in [-0.39, 0.29) is 18.6 Å². The van der Waals surface area contributed by atoms with Crippen LogP contribution in [0.25, 0.3) is 0 Å². The van der Waals surface area contributed by atoms with Gasteiger partial charge in [0.25, 0.3) is 0 Å². The third-order valence-electron chi connectivity index (χ3n) is 3.36. The van der Waals surface area contributed by atoms with Crippen LogP contribution in [0, 0.1) is 0 Å². The van der Waals surface area contributed by atoms with Crippen LogP contribution in [0.3, 0.4) is 0 Å². The Hall–Kier alpha value is -0.940. The van der Waals surface area contributed by atoms with Gasteiger partial charge in [-0.05, 0) is 12.5 Å². The lowest BCUT2D eigenvalue weighted by molar-refractivity contribution is -0.285. The Bertz CT molecular complexity index is 357. The van der Waals surface area contributed by atoms with Crippen LogP contribution >= 0.6 is 0 Å². The van der Waals surface area contributed by atoms with Crippen molar-refractivity contribution in [3.63, 3.8) is 0 Å². The summed E-state index contributed by atoms with van der Waals surface area (Å²) in [5.41, 5.74) is 1.29. The summed E-state index contributed by atoms with van der Waals surface area (Å²) in [5.74, 6) is 0. The number of rotatable bonds is 4. The van der Waals surface area contributed by atoms with Crippen LogP contribution in [0.15, 0.2) is 30.3 Å². The SMILES string of the molecule is COC1CN(Cc2ccccc2)[C@H](C)[C@H](OC)O1. The first-order valence-electron chi connectivity index (χ1n) is 6.23. The van der Waals surface area contributed by atoms with Gasteiger partial charge in [-0.25, -0.2) is 0 Å². The van der Waals surface area contributed by atoms with Crippen molar-refractivity contribution < 1.29 is 14.2 Å². The van der Waals surface area contributed by atoms with Gasteiger partial charge in [0.1, 0.15) is 0 Å². The van der Waals surface area contributed by atoms with Crippen LogP contribution < -0.4 is 0 Å². The maximum absolute atomic E-state index is 5.68. The number of nitrogens with zero attached hydrogens (tertiary/aromatic N) is 1. The summed E-state index contributed by atoms with van der Waals surface area (Å²) >= 11 is 0. The predicted octanol–water partition coefficient (Wildman–Crippen LogP) is 1.85. The van der Waals surface area contributed by atoms with Crippen molar-refractivity contribution >= 4 is 0 Å². The van der Waals surface area contributed by atoms with Gasteiger partial charge in [-0.1, -0.05) is 30.3 Å². The summed E-state index contributed by atoms with van der Waals surface area (Å²) in [6.07, 6.45) is -0.470. The molecule has 0 saturated carbocycles. The Labute approximate surface area is 108 Å². The van der Waals surface area contributed by atoms with Crippen molar-refractivity contribution in [2.45, 2.75) is 32.1 Å². The average Bonchev–Trinajstić information content (AvgIpc) is 2.42. The largest absolute Gasteiger partial charge is 0.354 e. The van der Waals surface area contributed by atoms with E-state index in [1.165, 1.54) is 5.56 Å². The minimum Gasteiger partial charge on any atom is -0.354 e. The van der Waals surface area contributed by atoms with Crippen LogP contribution in [0.1, 0.15) is 12.5 Å². The molecule has 1 aromatic rings. The molecule has 1 aliphatic heterocycles. The second-order valence-corrected chi connectivity index (χ2v) is 4.56. The second kappa shape index (κ2) is 6.29. The zero-order valence-electron chi connectivity index (χ0n) is 11.2. The van der Waals surface area contributed by atoms with E-state index in [0.717, 1.165) is 13.1 Å². The van der Waals surface area contributed by atoms with Gasteiger partial charge >= 0.3 is 0 Å². The van der Waals surface area contributed by atoms with Crippen LogP contribution in [0.5, 0.6) is 0 Å². The number of hydrogen-bond donors (Lipinski definition) is 0. The van der Waals surface area contributed by atoms with E-state index in [4.69, 9.17) is 14.2 Å². The molecule has 0 bridgehead atoms. The van der Waals surface area contributed by atoms with Gasteiger partial charge in [0.15, 0.2) is 12.6 Å². The zero-order chi connectivity index (χ0) is 13.0. The molecule has 0 N–H and O–H groups in total. The molecule has 0 aromatic heterocycles. The summed E-state index contributed by atoms with van der Waals surface area (Å²) in [6.45, 7) is 3.75. The van der Waals surface area contributed by atoms with Gasteiger partial charge in [0, 0.05) is 20.8 Å². The topological polar surface area (TPSA) is 30.9 Å². The molecule has 4 nitrogen and oxygen atoms in total. The summed E-state index contributed by atoms with van der Waals surface area (Å²) < 4.78 is 16.3. The highest BCUT2D eigenvalue weighted by Crippen LogP contribution is 2.21. The first-order valence-corrected chi connectivity index (χ1v) is 6.23. The molecular weight excluding hydrogens is 230 g/mol. The Morgan fingerprint density at radius 1 is 1.22 bits per heavy atom. The van der Waals surface area contributed by atoms with Gasteiger partial charge in [-0.3, -0.25) is 4.90 Å². The summed E-state index contributed by atoms with van der Waals surface area (Å²) in [7, 11) is 3.33. The average molecular weight is 251 g/mol.